The highest BCUT2D eigenvalue weighted by Gasteiger charge is 2.37. The van der Waals surface area contributed by atoms with Crippen molar-refractivity contribution in [1.29, 1.82) is 0 Å². The monoisotopic (exact) mass is 309 g/mol. The van der Waals surface area contributed by atoms with E-state index in [-0.39, 0.29) is 4.83 Å². The molecule has 0 spiro atoms. The number of hydrogen-bond acceptors (Lipinski definition) is 3. The summed E-state index contributed by atoms with van der Waals surface area (Å²) in [4.78, 5) is 5.47. The molecule has 0 bridgehead atoms. The average Bonchev–Trinajstić information content (AvgIpc) is 2.94. The van der Waals surface area contributed by atoms with E-state index in [4.69, 9.17) is 0 Å². The molecule has 1 aromatic heterocycles. The Hall–Kier alpha value is -0.710. The van der Waals surface area contributed by atoms with Crippen LogP contribution in [0.15, 0.2) is 36.0 Å². The first-order valence-electron chi connectivity index (χ1n) is 5.55. The number of nitrogens with zero attached hydrogens (tertiary/aromatic N) is 1. The second-order valence-electron chi connectivity index (χ2n) is 4.30. The molecule has 17 heavy (non-hydrogen) atoms. The fourth-order valence-corrected chi connectivity index (χ4v) is 3.87. The van der Waals surface area contributed by atoms with Crippen LogP contribution in [0.4, 0.5) is 0 Å². The number of rotatable bonds is 2. The number of aromatic nitrogens is 1. The maximum absolute atomic E-state index is 10.2. The van der Waals surface area contributed by atoms with Crippen LogP contribution in [0.3, 0.4) is 0 Å². The Morgan fingerprint density at radius 3 is 2.76 bits per heavy atom. The van der Waals surface area contributed by atoms with Crippen LogP contribution in [-0.2, 0) is 6.42 Å². The lowest BCUT2D eigenvalue weighted by molar-refractivity contribution is 0.181. The van der Waals surface area contributed by atoms with E-state index >= 15 is 0 Å². The molecule has 1 N–H and O–H groups in total. The third kappa shape index (κ3) is 1.94. The summed E-state index contributed by atoms with van der Waals surface area (Å²) < 4.78 is 0. The fraction of sp³-hybridized carbons (Fsp3) is 0.308. The third-order valence-corrected chi connectivity index (χ3v) is 5.25. The minimum Gasteiger partial charge on any atom is -0.387 e. The van der Waals surface area contributed by atoms with E-state index in [1.807, 2.05) is 29.9 Å². The van der Waals surface area contributed by atoms with Crippen molar-refractivity contribution >= 4 is 27.3 Å². The molecule has 88 valence electrons. The molecule has 3 atom stereocenters. The summed E-state index contributed by atoms with van der Waals surface area (Å²) in [5.74, 6) is 0.335. The van der Waals surface area contributed by atoms with Crippen LogP contribution >= 0.6 is 27.3 Å². The maximum Gasteiger partial charge on any atom is 0.0923 e. The van der Waals surface area contributed by atoms with Gasteiger partial charge in [0, 0.05) is 17.0 Å². The second kappa shape index (κ2) is 4.52. The molecule has 1 heterocycles. The lowest BCUT2D eigenvalue weighted by atomic mass is 9.97. The average molecular weight is 310 g/mol. The number of benzene rings is 1. The zero-order valence-electron chi connectivity index (χ0n) is 9.08. The van der Waals surface area contributed by atoms with Crippen molar-refractivity contribution in [2.45, 2.75) is 23.3 Å². The van der Waals surface area contributed by atoms with Crippen LogP contribution in [0.25, 0.3) is 0 Å². The topological polar surface area (TPSA) is 33.1 Å². The summed E-state index contributed by atoms with van der Waals surface area (Å²) in [6.07, 6.45) is 2.45. The molecular formula is C13H12BrNOS. The molecule has 0 saturated carbocycles. The summed E-state index contributed by atoms with van der Waals surface area (Å²) in [5, 5.41) is 10.2. The van der Waals surface area contributed by atoms with Gasteiger partial charge in [-0.25, -0.2) is 0 Å². The van der Waals surface area contributed by atoms with Crippen LogP contribution in [0.5, 0.6) is 0 Å². The maximum atomic E-state index is 10.2. The fourth-order valence-electron chi connectivity index (χ4n) is 2.46. The van der Waals surface area contributed by atoms with Crippen molar-refractivity contribution in [2.75, 3.05) is 0 Å². The highest BCUT2D eigenvalue weighted by Crippen LogP contribution is 2.46. The number of alkyl halides is 1. The standard InChI is InChI=1S/C13H12BrNOS/c14-12-11(5-8-6-15-7-17-8)9-3-1-2-4-10(9)13(12)16/h1-4,6-7,11-13,16H,5H2/t11-,12-,13-/m0/s1. The molecule has 4 heteroatoms. The van der Waals surface area contributed by atoms with E-state index in [9.17, 15) is 5.11 Å². The van der Waals surface area contributed by atoms with Crippen molar-refractivity contribution < 1.29 is 5.11 Å². The quantitative estimate of drug-likeness (QED) is 0.864. The Bertz CT molecular complexity index is 514. The second-order valence-corrected chi connectivity index (χ2v) is 6.32. The zero-order valence-corrected chi connectivity index (χ0v) is 11.5. The van der Waals surface area contributed by atoms with Crippen molar-refractivity contribution in [3.05, 3.63) is 52.0 Å². The van der Waals surface area contributed by atoms with Crippen molar-refractivity contribution in [3.8, 4) is 0 Å². The van der Waals surface area contributed by atoms with Gasteiger partial charge in [0.05, 0.1) is 16.4 Å². The van der Waals surface area contributed by atoms with Crippen LogP contribution in [0.2, 0.25) is 0 Å². The Morgan fingerprint density at radius 2 is 2.06 bits per heavy atom. The van der Waals surface area contributed by atoms with Gasteiger partial charge in [0.1, 0.15) is 0 Å². The third-order valence-electron chi connectivity index (χ3n) is 3.30. The lowest BCUT2D eigenvalue weighted by Crippen LogP contribution is -2.12. The summed E-state index contributed by atoms with van der Waals surface area (Å²) in [7, 11) is 0. The first-order chi connectivity index (χ1) is 8.27. The molecule has 2 aromatic rings. The highest BCUT2D eigenvalue weighted by molar-refractivity contribution is 9.09. The zero-order chi connectivity index (χ0) is 11.8. The van der Waals surface area contributed by atoms with Crippen LogP contribution in [0, 0.1) is 0 Å². The van der Waals surface area contributed by atoms with Gasteiger partial charge in [-0.1, -0.05) is 40.2 Å². The summed E-state index contributed by atoms with van der Waals surface area (Å²) >= 11 is 5.31. The molecule has 1 aromatic carbocycles. The first-order valence-corrected chi connectivity index (χ1v) is 7.35. The molecule has 1 aliphatic rings. The Morgan fingerprint density at radius 1 is 1.29 bits per heavy atom. The highest BCUT2D eigenvalue weighted by atomic mass is 79.9. The molecular weight excluding hydrogens is 298 g/mol. The van der Waals surface area contributed by atoms with Crippen LogP contribution in [0.1, 0.15) is 28.0 Å². The lowest BCUT2D eigenvalue weighted by Gasteiger charge is -2.15. The van der Waals surface area contributed by atoms with Gasteiger partial charge in [-0.2, -0.15) is 0 Å². The predicted molar refractivity (Wildman–Crippen MR) is 72.7 cm³/mol. The predicted octanol–water partition coefficient (Wildman–Crippen LogP) is 3.28. The Kier molecular flexibility index (Phi) is 3.03. The molecule has 0 aliphatic heterocycles. The minimum absolute atomic E-state index is 0.0991. The largest absolute Gasteiger partial charge is 0.387 e. The number of aliphatic hydroxyl groups is 1. The van der Waals surface area contributed by atoms with Crippen LogP contribution in [-0.4, -0.2) is 14.9 Å². The van der Waals surface area contributed by atoms with Crippen molar-refractivity contribution in [3.63, 3.8) is 0 Å². The van der Waals surface area contributed by atoms with Gasteiger partial charge in [-0.3, -0.25) is 4.98 Å². The normalized spacial score (nSPS) is 27.1. The molecule has 3 rings (SSSR count). The summed E-state index contributed by atoms with van der Waals surface area (Å²) in [6.45, 7) is 0. The summed E-state index contributed by atoms with van der Waals surface area (Å²) in [5.41, 5.74) is 4.18. The van der Waals surface area contributed by atoms with Crippen molar-refractivity contribution in [2.24, 2.45) is 0 Å². The molecule has 0 saturated heterocycles. The van der Waals surface area contributed by atoms with Gasteiger partial charge in [0.25, 0.3) is 0 Å². The molecule has 0 unspecified atom stereocenters. The summed E-state index contributed by atoms with van der Waals surface area (Å²) in [6, 6.07) is 8.15. The number of aliphatic hydroxyl groups excluding tert-OH is 1. The number of fused-ring (bicyclic) bond motifs is 1. The van der Waals surface area contributed by atoms with E-state index in [1.165, 1.54) is 10.4 Å². The molecule has 2 nitrogen and oxygen atoms in total. The van der Waals surface area contributed by atoms with Gasteiger partial charge >= 0.3 is 0 Å². The minimum atomic E-state index is -0.399. The van der Waals surface area contributed by atoms with Gasteiger partial charge < -0.3 is 5.11 Å². The molecule has 0 radical (unpaired) electrons. The Labute approximate surface area is 112 Å². The number of hydrogen-bond donors (Lipinski definition) is 1. The molecule has 0 amide bonds. The van der Waals surface area contributed by atoms with E-state index < -0.39 is 6.10 Å². The number of thiazole rings is 1. The van der Waals surface area contributed by atoms with Crippen LogP contribution < -0.4 is 0 Å². The van der Waals surface area contributed by atoms with E-state index in [2.05, 4.69) is 27.0 Å². The SMILES string of the molecule is O[C@H]1c2ccccc2[C@H](Cc2cncs2)[C@@H]1Br. The molecule has 1 aliphatic carbocycles. The van der Waals surface area contributed by atoms with Gasteiger partial charge in [0.15, 0.2) is 0 Å². The van der Waals surface area contributed by atoms with Crippen molar-refractivity contribution in [1.82, 2.24) is 4.98 Å². The smallest absolute Gasteiger partial charge is 0.0923 e. The van der Waals surface area contributed by atoms with Gasteiger partial charge in [-0.15, -0.1) is 11.3 Å². The first kappa shape index (κ1) is 11.4. The van der Waals surface area contributed by atoms with E-state index in [0.717, 1.165) is 12.0 Å². The van der Waals surface area contributed by atoms with Gasteiger partial charge in [0.2, 0.25) is 0 Å². The van der Waals surface area contributed by atoms with E-state index in [0.29, 0.717) is 5.92 Å². The number of halogens is 1. The Balaban J connectivity index is 1.95. The van der Waals surface area contributed by atoms with E-state index in [1.54, 1.807) is 11.3 Å². The van der Waals surface area contributed by atoms with Gasteiger partial charge in [-0.05, 0) is 17.5 Å². The molecule has 0 fully saturated rings.